The monoisotopic (exact) mass is 252 g/mol. The van der Waals surface area contributed by atoms with E-state index in [2.05, 4.69) is 42.2 Å². The quantitative estimate of drug-likeness (QED) is 0.741. The predicted molar refractivity (Wildman–Crippen MR) is 75.5 cm³/mol. The average molecular weight is 252 g/mol. The molecule has 1 heterocycles. The maximum absolute atomic E-state index is 9.32. The van der Waals surface area contributed by atoms with Crippen molar-refractivity contribution in [3.63, 3.8) is 0 Å². The molecule has 1 saturated heterocycles. The summed E-state index contributed by atoms with van der Waals surface area (Å²) in [4.78, 5) is 4.72. The zero-order valence-electron chi connectivity index (χ0n) is 12.4. The van der Waals surface area contributed by atoms with Gasteiger partial charge in [0.15, 0.2) is 0 Å². The van der Waals surface area contributed by atoms with Crippen molar-refractivity contribution in [2.45, 2.75) is 44.7 Å². The summed E-state index contributed by atoms with van der Waals surface area (Å²) in [6, 6.07) is 3.07. The summed E-state index contributed by atoms with van der Waals surface area (Å²) in [5, 5.41) is 12.7. The van der Waals surface area contributed by atoms with Gasteiger partial charge in [0.2, 0.25) is 0 Å². The van der Waals surface area contributed by atoms with Crippen LogP contribution in [0.3, 0.4) is 0 Å². The molecule has 0 aliphatic carbocycles. The maximum atomic E-state index is 9.32. The topological polar surface area (TPSA) is 42.3 Å². The number of hydrogen-bond acceptors (Lipinski definition) is 4. The van der Waals surface area contributed by atoms with Gasteiger partial charge in [0.05, 0.1) is 6.07 Å². The van der Waals surface area contributed by atoms with E-state index in [0.717, 1.165) is 26.1 Å². The smallest absolute Gasteiger partial charge is 0.116 e. The molecule has 18 heavy (non-hydrogen) atoms. The van der Waals surface area contributed by atoms with Crippen LogP contribution in [0.2, 0.25) is 0 Å². The van der Waals surface area contributed by atoms with Crippen molar-refractivity contribution >= 4 is 0 Å². The lowest BCUT2D eigenvalue weighted by atomic mass is 10.0. The molecule has 1 aliphatic heterocycles. The van der Waals surface area contributed by atoms with Crippen molar-refractivity contribution in [1.29, 1.82) is 5.26 Å². The minimum absolute atomic E-state index is 0.429. The van der Waals surface area contributed by atoms with Crippen LogP contribution in [0.5, 0.6) is 0 Å². The molecule has 104 valence electrons. The van der Waals surface area contributed by atoms with Gasteiger partial charge in [0.25, 0.3) is 0 Å². The Bertz CT molecular complexity index is 286. The van der Waals surface area contributed by atoms with Crippen LogP contribution >= 0.6 is 0 Å². The lowest BCUT2D eigenvalue weighted by Gasteiger charge is -2.32. The van der Waals surface area contributed by atoms with E-state index < -0.39 is 5.54 Å². The third kappa shape index (κ3) is 4.56. The first-order valence-corrected chi connectivity index (χ1v) is 7.06. The highest BCUT2D eigenvalue weighted by molar-refractivity contribution is 5.05. The number of hydrogen-bond donors (Lipinski definition) is 1. The molecule has 0 bridgehead atoms. The van der Waals surface area contributed by atoms with Crippen molar-refractivity contribution in [2.75, 3.05) is 40.3 Å². The molecule has 2 atom stereocenters. The zero-order valence-corrected chi connectivity index (χ0v) is 12.4. The molecule has 0 aromatic carbocycles. The minimum Gasteiger partial charge on any atom is -0.302 e. The van der Waals surface area contributed by atoms with Gasteiger partial charge in [-0.3, -0.25) is 5.32 Å². The molecule has 0 saturated carbocycles. The predicted octanol–water partition coefficient (Wildman–Crippen LogP) is 1.29. The first-order chi connectivity index (χ1) is 8.50. The molecule has 1 aliphatic rings. The van der Waals surface area contributed by atoms with Crippen LogP contribution in [0.25, 0.3) is 0 Å². The number of nitrogens with one attached hydrogen (secondary N) is 1. The fourth-order valence-corrected chi connectivity index (χ4v) is 2.71. The van der Waals surface area contributed by atoms with E-state index in [4.69, 9.17) is 0 Å². The molecule has 4 nitrogen and oxygen atoms in total. The minimum atomic E-state index is -0.429. The number of rotatable bonds is 7. The van der Waals surface area contributed by atoms with Gasteiger partial charge >= 0.3 is 0 Å². The van der Waals surface area contributed by atoms with Gasteiger partial charge in [-0.1, -0.05) is 6.92 Å². The second kappa shape index (κ2) is 7.08. The fraction of sp³-hybridized carbons (Fsp3) is 0.929. The van der Waals surface area contributed by atoms with Crippen molar-refractivity contribution in [3.8, 4) is 6.07 Å². The highest BCUT2D eigenvalue weighted by Gasteiger charge is 2.27. The van der Waals surface area contributed by atoms with Gasteiger partial charge in [0.1, 0.15) is 5.54 Å². The lowest BCUT2D eigenvalue weighted by Crippen LogP contribution is -2.51. The van der Waals surface area contributed by atoms with E-state index in [1.54, 1.807) is 0 Å². The Balaban J connectivity index is 2.41. The molecule has 2 unspecified atom stereocenters. The molecule has 0 amide bonds. The van der Waals surface area contributed by atoms with Crippen LogP contribution < -0.4 is 5.32 Å². The van der Waals surface area contributed by atoms with E-state index in [1.807, 2.05) is 6.92 Å². The van der Waals surface area contributed by atoms with Crippen LogP contribution in [0.1, 0.15) is 33.1 Å². The summed E-state index contributed by atoms with van der Waals surface area (Å²) >= 11 is 0. The van der Waals surface area contributed by atoms with Gasteiger partial charge < -0.3 is 9.80 Å². The molecule has 1 rings (SSSR count). The normalized spacial score (nSPS) is 24.1. The van der Waals surface area contributed by atoms with Crippen LogP contribution in [0, 0.1) is 11.3 Å². The Hall–Kier alpha value is -0.630. The molecule has 0 aromatic heterocycles. The Morgan fingerprint density at radius 1 is 1.56 bits per heavy atom. The van der Waals surface area contributed by atoms with Gasteiger partial charge in [-0.2, -0.15) is 5.26 Å². The van der Waals surface area contributed by atoms with Gasteiger partial charge in [-0.15, -0.1) is 0 Å². The van der Waals surface area contributed by atoms with Crippen molar-refractivity contribution in [3.05, 3.63) is 0 Å². The van der Waals surface area contributed by atoms with Crippen molar-refractivity contribution in [1.82, 2.24) is 15.1 Å². The first-order valence-electron chi connectivity index (χ1n) is 7.06. The van der Waals surface area contributed by atoms with E-state index in [9.17, 15) is 5.26 Å². The van der Waals surface area contributed by atoms with Crippen LogP contribution in [-0.2, 0) is 0 Å². The number of likely N-dealkylation sites (tertiary alicyclic amines) is 1. The van der Waals surface area contributed by atoms with Crippen molar-refractivity contribution < 1.29 is 0 Å². The SMILES string of the molecule is CCCNC(C)(C#N)CN(C)CC1CCCN1C. The first kappa shape index (κ1) is 15.4. The Kier molecular flexibility index (Phi) is 6.07. The Morgan fingerprint density at radius 3 is 2.78 bits per heavy atom. The van der Waals surface area contributed by atoms with Crippen molar-refractivity contribution in [2.24, 2.45) is 0 Å². The summed E-state index contributed by atoms with van der Waals surface area (Å²) in [6.07, 6.45) is 3.65. The summed E-state index contributed by atoms with van der Waals surface area (Å²) in [5.74, 6) is 0. The molecule has 0 spiro atoms. The molecule has 4 heteroatoms. The van der Waals surface area contributed by atoms with Gasteiger partial charge in [-0.05, 0) is 53.4 Å². The number of nitriles is 1. The fourth-order valence-electron chi connectivity index (χ4n) is 2.71. The lowest BCUT2D eigenvalue weighted by molar-refractivity contribution is 0.194. The highest BCUT2D eigenvalue weighted by atomic mass is 15.2. The molecule has 1 fully saturated rings. The third-order valence-electron chi connectivity index (χ3n) is 3.79. The van der Waals surface area contributed by atoms with Crippen LogP contribution in [0.15, 0.2) is 0 Å². The zero-order chi connectivity index (χ0) is 13.6. The van der Waals surface area contributed by atoms with E-state index in [-0.39, 0.29) is 0 Å². The standard InChI is InChI=1S/C14H28N4/c1-5-8-16-14(2,11-15)12-17(3)10-13-7-6-9-18(13)4/h13,16H,5-10,12H2,1-4H3. The Labute approximate surface area is 112 Å². The molecular formula is C14H28N4. The summed E-state index contributed by atoms with van der Waals surface area (Å²) in [5.41, 5.74) is -0.429. The van der Waals surface area contributed by atoms with Gasteiger partial charge in [0, 0.05) is 19.1 Å². The van der Waals surface area contributed by atoms with Crippen LogP contribution in [-0.4, -0.2) is 61.7 Å². The molecule has 1 N–H and O–H groups in total. The second-order valence-electron chi connectivity index (χ2n) is 5.84. The summed E-state index contributed by atoms with van der Waals surface area (Å²) in [6.45, 7) is 8.08. The Morgan fingerprint density at radius 2 is 2.28 bits per heavy atom. The maximum Gasteiger partial charge on any atom is 0.116 e. The van der Waals surface area contributed by atoms with E-state index in [0.29, 0.717) is 6.04 Å². The second-order valence-corrected chi connectivity index (χ2v) is 5.84. The van der Waals surface area contributed by atoms with E-state index in [1.165, 1.54) is 19.4 Å². The summed E-state index contributed by atoms with van der Waals surface area (Å²) in [7, 11) is 4.32. The molecule has 0 radical (unpaired) electrons. The largest absolute Gasteiger partial charge is 0.302 e. The van der Waals surface area contributed by atoms with Crippen LogP contribution in [0.4, 0.5) is 0 Å². The summed E-state index contributed by atoms with van der Waals surface area (Å²) < 4.78 is 0. The van der Waals surface area contributed by atoms with E-state index >= 15 is 0 Å². The average Bonchev–Trinajstić information content (AvgIpc) is 2.72. The third-order valence-corrected chi connectivity index (χ3v) is 3.79. The van der Waals surface area contributed by atoms with Gasteiger partial charge in [-0.25, -0.2) is 0 Å². The highest BCUT2D eigenvalue weighted by Crippen LogP contribution is 2.16. The molecular weight excluding hydrogens is 224 g/mol. The number of likely N-dealkylation sites (N-methyl/N-ethyl adjacent to an activating group) is 2. The number of nitrogens with zero attached hydrogens (tertiary/aromatic N) is 3. The molecule has 0 aromatic rings.